The van der Waals surface area contributed by atoms with Crippen LogP contribution in [-0.2, 0) is 98.1 Å². The van der Waals surface area contributed by atoms with Gasteiger partial charge in [-0.3, -0.25) is 0 Å². The maximum Gasteiger partial charge on any atom is 0 e. The molecule has 0 amide bonds. The molecule has 0 aromatic heterocycles. The molecule has 0 aromatic carbocycles. The van der Waals surface area contributed by atoms with E-state index < -0.39 is 0 Å². The third-order valence-corrected chi connectivity index (χ3v) is 0. The molecule has 0 rings (SSSR count). The summed E-state index contributed by atoms with van der Waals surface area (Å²) >= 11 is 0. The quantitative estimate of drug-likeness (QED) is 0.466. The van der Waals surface area contributed by atoms with Crippen LogP contribution in [0.3, 0.4) is 0 Å². The van der Waals surface area contributed by atoms with E-state index in [1.54, 1.807) is 0 Å². The average molecular weight is 322 g/mol. The van der Waals surface area contributed by atoms with Crippen LogP contribution in [-0.4, -0.2) is 5.71 Å². The molecule has 0 aromatic rings. The van der Waals surface area contributed by atoms with Gasteiger partial charge in [-0.2, -0.15) is 0 Å². The minimum Gasteiger partial charge on any atom is -0.838 e. The third kappa shape index (κ3) is 51.1. The molecule has 0 N–H and O–H groups in total. The van der Waals surface area contributed by atoms with Gasteiger partial charge < -0.3 is 18.0 Å². The standard InChI is InChI=1S/C3H5N.3Y/c1-3(2)4;;;/h1H2,2H3;;;/q-2;;;. The summed E-state index contributed by atoms with van der Waals surface area (Å²) in [6.45, 7) is 4.64. The van der Waals surface area contributed by atoms with Crippen molar-refractivity contribution in [2.24, 2.45) is 0 Å². The van der Waals surface area contributed by atoms with Gasteiger partial charge in [-0.05, 0) is 0 Å². The maximum atomic E-state index is 7.86. The second kappa shape index (κ2) is 15.9. The van der Waals surface area contributed by atoms with E-state index in [0.29, 0.717) is 0 Å². The second-order valence-corrected chi connectivity index (χ2v) is 0.735. The summed E-state index contributed by atoms with van der Waals surface area (Å²) in [5.74, 6) is 0. The van der Waals surface area contributed by atoms with Crippen molar-refractivity contribution in [3.63, 3.8) is 0 Å². The first-order chi connectivity index (χ1) is 1.73. The first-order valence-electron chi connectivity index (χ1n) is 1.08. The molecule has 1 nitrogen and oxygen atoms in total. The molecule has 7 heavy (non-hydrogen) atoms. The fourth-order valence-corrected chi connectivity index (χ4v) is 0. The smallest absolute Gasteiger partial charge is 0 e. The average Bonchev–Trinajstić information content (AvgIpc) is 0.811. The summed E-state index contributed by atoms with van der Waals surface area (Å²) in [4.78, 5) is 0. The van der Waals surface area contributed by atoms with Crippen LogP contribution < -0.4 is 0 Å². The third-order valence-electron chi connectivity index (χ3n) is 0. The van der Waals surface area contributed by atoms with Gasteiger partial charge in [-0.1, -0.05) is 6.92 Å². The van der Waals surface area contributed by atoms with E-state index in [4.69, 9.17) is 5.41 Å². The number of rotatable bonds is 0. The summed E-state index contributed by atoms with van der Waals surface area (Å²) in [5, 5.41) is 7.86. The Morgan fingerprint density at radius 3 is 1.29 bits per heavy atom. The summed E-state index contributed by atoms with van der Waals surface area (Å²) in [7, 11) is 0. The zero-order chi connectivity index (χ0) is 3.58. The van der Waals surface area contributed by atoms with Crippen molar-refractivity contribution < 1.29 is 98.1 Å². The molecule has 0 saturated heterocycles. The molecule has 0 aliphatic carbocycles. The molecule has 0 aliphatic heterocycles. The fourth-order valence-electron chi connectivity index (χ4n) is 0. The second-order valence-electron chi connectivity index (χ2n) is 0.735. The molecule has 3 radical (unpaired) electrons. The van der Waals surface area contributed by atoms with Gasteiger partial charge in [0, 0.05) is 98.1 Å². The number of nitrogens with zero attached hydrogens (tertiary/aromatic N) is 1. The largest absolute Gasteiger partial charge is 0.838 e. The van der Waals surface area contributed by atoms with Crippen LogP contribution in [0.1, 0.15) is 6.92 Å². The van der Waals surface area contributed by atoms with Crippen molar-refractivity contribution >= 4 is 5.71 Å². The van der Waals surface area contributed by atoms with Gasteiger partial charge >= 0.3 is 0 Å². The molecule has 0 heterocycles. The normalized spacial score (nSPS) is 3.57. The van der Waals surface area contributed by atoms with Gasteiger partial charge in [0.1, 0.15) is 0 Å². The van der Waals surface area contributed by atoms with E-state index in [1.165, 1.54) is 6.92 Å². The van der Waals surface area contributed by atoms with Crippen LogP contribution in [0.4, 0.5) is 0 Å². The van der Waals surface area contributed by atoms with Crippen LogP contribution in [0, 0.1) is 6.92 Å². The predicted molar refractivity (Wildman–Crippen MR) is 19.4 cm³/mol. The number of hydrogen-bond donors (Lipinski definition) is 0. The monoisotopic (exact) mass is 322 g/mol. The Bertz CT molecular complexity index is 33.2. The zero-order valence-electron chi connectivity index (χ0n) is 4.39. The van der Waals surface area contributed by atoms with Crippen molar-refractivity contribution in [2.45, 2.75) is 6.92 Å². The van der Waals surface area contributed by atoms with Crippen LogP contribution >= 0.6 is 0 Å². The first-order valence-corrected chi connectivity index (χ1v) is 1.08. The van der Waals surface area contributed by atoms with Gasteiger partial charge in [0.25, 0.3) is 0 Å². The molecule has 0 aliphatic rings. The summed E-state index contributed by atoms with van der Waals surface area (Å²) in [5.41, 5.74) is 0.167. The van der Waals surface area contributed by atoms with Gasteiger partial charge in [0.15, 0.2) is 0 Å². The Balaban J connectivity index is -0.0000000150. The molecular weight excluding hydrogens is 317 g/mol. The van der Waals surface area contributed by atoms with E-state index in [0.717, 1.165) is 0 Å². The Morgan fingerprint density at radius 1 is 1.29 bits per heavy atom. The number of hydrogen-bond acceptors (Lipinski definition) is 0. The summed E-state index contributed by atoms with van der Waals surface area (Å²) in [6.07, 6.45) is 0. The van der Waals surface area contributed by atoms with E-state index in [9.17, 15) is 0 Å². The van der Waals surface area contributed by atoms with E-state index in [-0.39, 0.29) is 104 Å². The molecular formula is C3H5NY3-2. The topological polar surface area (TPSA) is 22.3 Å². The van der Waals surface area contributed by atoms with Crippen molar-refractivity contribution in [3.05, 3.63) is 12.3 Å². The molecule has 0 fully saturated rings. The maximum absolute atomic E-state index is 7.86. The summed E-state index contributed by atoms with van der Waals surface area (Å²) < 4.78 is 0. The van der Waals surface area contributed by atoms with Crippen LogP contribution in [0.5, 0.6) is 0 Å². The fraction of sp³-hybridized carbons (Fsp3) is 0.333. The van der Waals surface area contributed by atoms with Crippen LogP contribution in [0.2, 0.25) is 0 Å². The molecule has 0 bridgehead atoms. The molecule has 0 atom stereocenters. The van der Waals surface area contributed by atoms with Crippen LogP contribution in [0.25, 0.3) is 5.41 Å². The van der Waals surface area contributed by atoms with Crippen molar-refractivity contribution in [1.29, 1.82) is 0 Å². The zero-order valence-corrected chi connectivity index (χ0v) is 12.9. The summed E-state index contributed by atoms with van der Waals surface area (Å²) in [6, 6.07) is 0. The van der Waals surface area contributed by atoms with Crippen molar-refractivity contribution in [1.82, 2.24) is 0 Å². The predicted octanol–water partition coefficient (Wildman–Crippen LogP) is 0.843. The van der Waals surface area contributed by atoms with Crippen molar-refractivity contribution in [3.8, 4) is 0 Å². The molecule has 0 saturated carbocycles. The minimum atomic E-state index is 0. The Kier molecular flexibility index (Phi) is 51.3. The first kappa shape index (κ1) is 22.5. The van der Waals surface area contributed by atoms with Gasteiger partial charge in [-0.15, -0.1) is 0 Å². The molecule has 4 heteroatoms. The SMILES string of the molecule is [CH2-]C(C)=[N-].[Y].[Y].[Y]. The Hall–Kier alpha value is 2.85. The van der Waals surface area contributed by atoms with E-state index >= 15 is 0 Å². The Morgan fingerprint density at radius 2 is 1.29 bits per heavy atom. The molecule has 0 spiro atoms. The Labute approximate surface area is 120 Å². The van der Waals surface area contributed by atoms with E-state index in [1.807, 2.05) is 0 Å². The van der Waals surface area contributed by atoms with Gasteiger partial charge in [-0.25, -0.2) is 0 Å². The van der Waals surface area contributed by atoms with Crippen molar-refractivity contribution in [2.75, 3.05) is 0 Å². The van der Waals surface area contributed by atoms with Gasteiger partial charge in [0.2, 0.25) is 0 Å². The minimum absolute atomic E-state index is 0. The van der Waals surface area contributed by atoms with E-state index in [2.05, 4.69) is 6.92 Å². The molecule has 0 unspecified atom stereocenters. The van der Waals surface area contributed by atoms with Gasteiger partial charge in [0.05, 0.1) is 0 Å². The van der Waals surface area contributed by atoms with Crippen LogP contribution in [0.15, 0.2) is 0 Å². The molecule has 33 valence electrons.